The van der Waals surface area contributed by atoms with Crippen molar-refractivity contribution in [2.24, 2.45) is 5.73 Å². The molecule has 0 radical (unpaired) electrons. The van der Waals surface area contributed by atoms with Crippen LogP contribution in [0.2, 0.25) is 10.0 Å². The van der Waals surface area contributed by atoms with Crippen LogP contribution in [0.1, 0.15) is 5.56 Å². The summed E-state index contributed by atoms with van der Waals surface area (Å²) in [5.41, 5.74) is 6.62. The van der Waals surface area contributed by atoms with Gasteiger partial charge < -0.3 is 15.2 Å². The Morgan fingerprint density at radius 3 is 2.55 bits per heavy atom. The summed E-state index contributed by atoms with van der Waals surface area (Å²) in [6.07, 6.45) is 0.366. The van der Waals surface area contributed by atoms with Crippen molar-refractivity contribution in [2.75, 3.05) is 7.11 Å². The third kappa shape index (κ3) is 4.37. The summed E-state index contributed by atoms with van der Waals surface area (Å²) in [6, 6.07) is 11.6. The summed E-state index contributed by atoms with van der Waals surface area (Å²) >= 11 is 11.8. The van der Waals surface area contributed by atoms with Crippen molar-refractivity contribution in [3.05, 3.63) is 58.1 Å². The van der Waals surface area contributed by atoms with Gasteiger partial charge in [0.1, 0.15) is 17.5 Å². The van der Waals surface area contributed by atoms with Gasteiger partial charge in [-0.2, -0.15) is 0 Å². The molecule has 0 aliphatic rings. The lowest BCUT2D eigenvalue weighted by Gasteiger charge is -2.11. The molecule has 0 aliphatic carbocycles. The Kier molecular flexibility index (Phi) is 5.66. The summed E-state index contributed by atoms with van der Waals surface area (Å²) in [7, 11) is 1.31. The second-order valence-corrected chi connectivity index (χ2v) is 5.47. The molecule has 2 aromatic rings. The highest BCUT2D eigenvalue weighted by Crippen LogP contribution is 2.29. The number of halogens is 2. The van der Waals surface area contributed by atoms with Crippen LogP contribution in [0.3, 0.4) is 0 Å². The van der Waals surface area contributed by atoms with Crippen LogP contribution in [-0.2, 0) is 16.0 Å². The lowest BCUT2D eigenvalue weighted by atomic mass is 10.1. The molecule has 2 rings (SSSR count). The highest BCUT2D eigenvalue weighted by Gasteiger charge is 2.14. The number of ether oxygens (including phenoxy) is 2. The summed E-state index contributed by atoms with van der Waals surface area (Å²) in [6.45, 7) is 0. The normalized spacial score (nSPS) is 11.8. The van der Waals surface area contributed by atoms with E-state index >= 15 is 0 Å². The molecule has 4 nitrogen and oxygen atoms in total. The minimum Gasteiger partial charge on any atom is -0.468 e. The minimum absolute atomic E-state index is 0.366. The lowest BCUT2D eigenvalue weighted by molar-refractivity contribution is -0.142. The van der Waals surface area contributed by atoms with Crippen LogP contribution in [0.15, 0.2) is 42.5 Å². The summed E-state index contributed by atoms with van der Waals surface area (Å²) in [5.74, 6) is 0.743. The van der Waals surface area contributed by atoms with E-state index in [4.69, 9.17) is 33.7 Å². The zero-order chi connectivity index (χ0) is 16.1. The number of carbonyl (C=O) groups excluding carboxylic acids is 1. The number of rotatable bonds is 5. The van der Waals surface area contributed by atoms with E-state index in [2.05, 4.69) is 4.74 Å². The van der Waals surface area contributed by atoms with E-state index in [0.29, 0.717) is 28.0 Å². The quantitative estimate of drug-likeness (QED) is 0.841. The maximum absolute atomic E-state index is 11.4. The average Bonchev–Trinajstić information content (AvgIpc) is 2.50. The number of esters is 1. The number of carbonyl (C=O) groups is 1. The molecule has 0 saturated heterocycles. The highest BCUT2D eigenvalue weighted by molar-refractivity contribution is 6.42. The van der Waals surface area contributed by atoms with Gasteiger partial charge in [0.25, 0.3) is 0 Å². The van der Waals surface area contributed by atoms with E-state index in [9.17, 15) is 4.79 Å². The first-order valence-corrected chi connectivity index (χ1v) is 7.30. The molecule has 1 atom stereocenters. The molecule has 6 heteroatoms. The van der Waals surface area contributed by atoms with Gasteiger partial charge in [-0.05, 0) is 36.2 Å². The van der Waals surface area contributed by atoms with Crippen LogP contribution >= 0.6 is 23.2 Å². The Bertz CT molecular complexity index is 676. The molecule has 0 heterocycles. The highest BCUT2D eigenvalue weighted by atomic mass is 35.5. The van der Waals surface area contributed by atoms with Gasteiger partial charge in [-0.25, -0.2) is 0 Å². The minimum atomic E-state index is -0.703. The van der Waals surface area contributed by atoms with Crippen LogP contribution in [0.5, 0.6) is 11.5 Å². The molecule has 0 aliphatic heterocycles. The molecule has 0 fully saturated rings. The first kappa shape index (κ1) is 16.6. The molecule has 22 heavy (non-hydrogen) atoms. The Balaban J connectivity index is 2.11. The number of benzene rings is 2. The number of hydrogen-bond acceptors (Lipinski definition) is 4. The van der Waals surface area contributed by atoms with Crippen molar-refractivity contribution in [3.8, 4) is 11.5 Å². The Morgan fingerprint density at radius 1 is 1.14 bits per heavy atom. The summed E-state index contributed by atoms with van der Waals surface area (Å²) < 4.78 is 10.3. The smallest absolute Gasteiger partial charge is 0.322 e. The number of hydrogen-bond donors (Lipinski definition) is 1. The van der Waals surface area contributed by atoms with Gasteiger partial charge >= 0.3 is 5.97 Å². The molecular weight excluding hydrogens is 325 g/mol. The third-order valence-corrected chi connectivity index (χ3v) is 3.72. The van der Waals surface area contributed by atoms with Gasteiger partial charge in [-0.1, -0.05) is 35.3 Å². The van der Waals surface area contributed by atoms with Gasteiger partial charge in [0, 0.05) is 6.07 Å². The maximum atomic E-state index is 11.4. The average molecular weight is 340 g/mol. The van der Waals surface area contributed by atoms with E-state index in [1.807, 2.05) is 18.2 Å². The number of methoxy groups -OCH3 is 1. The van der Waals surface area contributed by atoms with Crippen molar-refractivity contribution >= 4 is 29.2 Å². The zero-order valence-electron chi connectivity index (χ0n) is 11.9. The molecule has 0 spiro atoms. The van der Waals surface area contributed by atoms with Gasteiger partial charge in [-0.3, -0.25) is 4.79 Å². The molecule has 116 valence electrons. The van der Waals surface area contributed by atoms with Crippen LogP contribution < -0.4 is 10.5 Å². The van der Waals surface area contributed by atoms with Crippen LogP contribution in [-0.4, -0.2) is 19.1 Å². The molecule has 0 aromatic heterocycles. The molecule has 2 aromatic carbocycles. The van der Waals surface area contributed by atoms with Crippen molar-refractivity contribution in [3.63, 3.8) is 0 Å². The summed E-state index contributed by atoms with van der Waals surface area (Å²) in [4.78, 5) is 11.4. The third-order valence-electron chi connectivity index (χ3n) is 2.98. The van der Waals surface area contributed by atoms with E-state index < -0.39 is 12.0 Å². The lowest BCUT2D eigenvalue weighted by Crippen LogP contribution is -2.33. The first-order chi connectivity index (χ1) is 10.5. The van der Waals surface area contributed by atoms with Gasteiger partial charge in [0.05, 0.1) is 17.2 Å². The standard InChI is InChI=1S/C16H15Cl2NO3/c1-21-16(20)15(19)8-10-3-2-4-11(7-10)22-12-5-6-13(17)14(18)9-12/h2-7,9,15H,8,19H2,1H3. The first-order valence-electron chi connectivity index (χ1n) is 6.55. The fourth-order valence-corrected chi connectivity index (χ4v) is 2.19. The zero-order valence-corrected chi connectivity index (χ0v) is 13.4. The molecule has 2 N–H and O–H groups in total. The maximum Gasteiger partial charge on any atom is 0.322 e. The molecule has 0 bridgehead atoms. The van der Waals surface area contributed by atoms with Crippen molar-refractivity contribution in [1.29, 1.82) is 0 Å². The van der Waals surface area contributed by atoms with Gasteiger partial charge in [-0.15, -0.1) is 0 Å². The SMILES string of the molecule is COC(=O)C(N)Cc1cccc(Oc2ccc(Cl)c(Cl)c2)c1. The van der Waals surface area contributed by atoms with Gasteiger partial charge in [0.15, 0.2) is 0 Å². The largest absolute Gasteiger partial charge is 0.468 e. The van der Waals surface area contributed by atoms with Crippen LogP contribution in [0, 0.1) is 0 Å². The van der Waals surface area contributed by atoms with Gasteiger partial charge in [0.2, 0.25) is 0 Å². The number of nitrogens with two attached hydrogens (primary N) is 1. The topological polar surface area (TPSA) is 61.5 Å². The second-order valence-electron chi connectivity index (χ2n) is 4.66. The Labute approximate surface area is 138 Å². The predicted molar refractivity (Wildman–Crippen MR) is 86.7 cm³/mol. The van der Waals surface area contributed by atoms with Crippen molar-refractivity contribution in [1.82, 2.24) is 0 Å². The van der Waals surface area contributed by atoms with E-state index in [1.165, 1.54) is 7.11 Å². The molecular formula is C16H15Cl2NO3. The van der Waals surface area contributed by atoms with Crippen LogP contribution in [0.4, 0.5) is 0 Å². The Morgan fingerprint density at radius 2 is 1.86 bits per heavy atom. The fourth-order valence-electron chi connectivity index (χ4n) is 1.90. The van der Waals surface area contributed by atoms with E-state index in [-0.39, 0.29) is 0 Å². The molecule has 0 saturated carbocycles. The van der Waals surface area contributed by atoms with Crippen LogP contribution in [0.25, 0.3) is 0 Å². The summed E-state index contributed by atoms with van der Waals surface area (Å²) in [5, 5.41) is 0.884. The monoisotopic (exact) mass is 339 g/mol. The van der Waals surface area contributed by atoms with Crippen molar-refractivity contribution in [2.45, 2.75) is 12.5 Å². The van der Waals surface area contributed by atoms with E-state index in [1.54, 1.807) is 24.3 Å². The van der Waals surface area contributed by atoms with E-state index in [0.717, 1.165) is 5.56 Å². The molecule has 1 unspecified atom stereocenters. The Hall–Kier alpha value is -1.75. The second kappa shape index (κ2) is 7.49. The van der Waals surface area contributed by atoms with Crippen molar-refractivity contribution < 1.29 is 14.3 Å². The fraction of sp³-hybridized carbons (Fsp3) is 0.188. The molecule has 0 amide bonds. The predicted octanol–water partition coefficient (Wildman–Crippen LogP) is 3.83.